The van der Waals surface area contributed by atoms with Crippen molar-refractivity contribution in [2.45, 2.75) is 13.0 Å². The molecule has 1 atom stereocenters. The molecule has 19 heavy (non-hydrogen) atoms. The molecule has 1 aliphatic heterocycles. The van der Waals surface area contributed by atoms with Gasteiger partial charge in [-0.2, -0.15) is 4.99 Å². The van der Waals surface area contributed by atoms with Crippen LogP contribution in [-0.4, -0.2) is 30.5 Å². The number of anilines is 1. The smallest absolute Gasteiger partial charge is 0.198 e. The summed E-state index contributed by atoms with van der Waals surface area (Å²) in [6.07, 6.45) is 3.97. The second-order valence-electron chi connectivity index (χ2n) is 4.58. The molecule has 1 aromatic rings. The van der Waals surface area contributed by atoms with Crippen molar-refractivity contribution in [3.8, 4) is 0 Å². The Morgan fingerprint density at radius 1 is 1.42 bits per heavy atom. The van der Waals surface area contributed by atoms with Gasteiger partial charge in [0.2, 0.25) is 0 Å². The van der Waals surface area contributed by atoms with E-state index < -0.39 is 0 Å². The molecule has 1 aliphatic rings. The fraction of sp³-hybridized carbons (Fsp3) is 0.267. The molecule has 0 radical (unpaired) electrons. The predicted molar refractivity (Wildman–Crippen MR) is 80.9 cm³/mol. The minimum atomic E-state index is 0.225. The fourth-order valence-electron chi connectivity index (χ4n) is 1.99. The lowest BCUT2D eigenvalue weighted by Gasteiger charge is -2.32. The maximum absolute atomic E-state index is 5.95. The third kappa shape index (κ3) is 2.78. The van der Waals surface area contributed by atoms with Crippen LogP contribution in [0.2, 0.25) is 0 Å². The topological polar surface area (TPSA) is 44.9 Å². The van der Waals surface area contributed by atoms with E-state index >= 15 is 0 Å². The lowest BCUT2D eigenvalue weighted by atomic mass is 10.2. The third-order valence-electron chi connectivity index (χ3n) is 3.25. The van der Waals surface area contributed by atoms with Crippen LogP contribution in [0.3, 0.4) is 0 Å². The van der Waals surface area contributed by atoms with Crippen LogP contribution in [0.25, 0.3) is 0 Å². The van der Waals surface area contributed by atoms with Crippen molar-refractivity contribution in [3.05, 3.63) is 54.9 Å². The van der Waals surface area contributed by atoms with Gasteiger partial charge in [0.1, 0.15) is 5.82 Å². The third-order valence-corrected chi connectivity index (χ3v) is 3.25. The SMILES string of the molecule is C=CCN(C1=CC(C)N(C)C(N)=N1)c1ccccc1. The number of nitrogens with zero attached hydrogens (tertiary/aromatic N) is 3. The number of para-hydroxylation sites is 1. The Morgan fingerprint density at radius 2 is 2.11 bits per heavy atom. The zero-order valence-electron chi connectivity index (χ0n) is 11.5. The van der Waals surface area contributed by atoms with Crippen LogP contribution in [0.5, 0.6) is 0 Å². The molecular weight excluding hydrogens is 236 g/mol. The Hall–Kier alpha value is -2.23. The van der Waals surface area contributed by atoms with Gasteiger partial charge in [0.25, 0.3) is 0 Å². The van der Waals surface area contributed by atoms with Crippen molar-refractivity contribution < 1.29 is 0 Å². The van der Waals surface area contributed by atoms with Crippen molar-refractivity contribution in [2.75, 3.05) is 18.5 Å². The van der Waals surface area contributed by atoms with E-state index in [0.717, 1.165) is 11.5 Å². The minimum Gasteiger partial charge on any atom is -0.369 e. The Kier molecular flexibility index (Phi) is 3.90. The molecule has 4 heteroatoms. The van der Waals surface area contributed by atoms with E-state index in [0.29, 0.717) is 12.5 Å². The highest BCUT2D eigenvalue weighted by Gasteiger charge is 2.20. The lowest BCUT2D eigenvalue weighted by Crippen LogP contribution is -2.43. The van der Waals surface area contributed by atoms with Crippen LogP contribution in [0, 0.1) is 0 Å². The van der Waals surface area contributed by atoms with Gasteiger partial charge < -0.3 is 15.5 Å². The average molecular weight is 256 g/mol. The molecular formula is C15H20N4. The maximum atomic E-state index is 5.95. The molecule has 0 aliphatic carbocycles. The zero-order chi connectivity index (χ0) is 13.8. The number of benzene rings is 1. The summed E-state index contributed by atoms with van der Waals surface area (Å²) in [7, 11) is 1.94. The predicted octanol–water partition coefficient (Wildman–Crippen LogP) is 2.17. The number of hydrogen-bond acceptors (Lipinski definition) is 4. The standard InChI is InChI=1S/C15H20N4/c1-4-10-19(13-8-6-5-7-9-13)14-11-12(2)18(3)15(16)17-14/h4-9,11-12H,1,10H2,2-3H3,(H2,16,17). The molecule has 0 bridgehead atoms. The van der Waals surface area contributed by atoms with Crippen molar-refractivity contribution in [1.82, 2.24) is 4.90 Å². The maximum Gasteiger partial charge on any atom is 0.198 e. The van der Waals surface area contributed by atoms with E-state index in [1.54, 1.807) is 0 Å². The van der Waals surface area contributed by atoms with Gasteiger partial charge >= 0.3 is 0 Å². The summed E-state index contributed by atoms with van der Waals surface area (Å²) in [5.74, 6) is 1.41. The molecule has 4 nitrogen and oxygen atoms in total. The molecule has 0 saturated carbocycles. The number of rotatable bonds is 4. The monoisotopic (exact) mass is 256 g/mol. The molecule has 0 fully saturated rings. The van der Waals surface area contributed by atoms with Crippen LogP contribution >= 0.6 is 0 Å². The largest absolute Gasteiger partial charge is 0.369 e. The van der Waals surface area contributed by atoms with E-state index in [-0.39, 0.29) is 6.04 Å². The first-order valence-corrected chi connectivity index (χ1v) is 6.35. The van der Waals surface area contributed by atoms with Crippen molar-refractivity contribution in [2.24, 2.45) is 10.7 Å². The van der Waals surface area contributed by atoms with Crippen LogP contribution in [-0.2, 0) is 0 Å². The van der Waals surface area contributed by atoms with Crippen molar-refractivity contribution >= 4 is 11.6 Å². The Bertz CT molecular complexity index is 504. The van der Waals surface area contributed by atoms with Crippen LogP contribution in [0.1, 0.15) is 6.92 Å². The Morgan fingerprint density at radius 3 is 2.68 bits per heavy atom. The molecule has 1 heterocycles. The lowest BCUT2D eigenvalue weighted by molar-refractivity contribution is 0.436. The van der Waals surface area contributed by atoms with Crippen molar-refractivity contribution in [1.29, 1.82) is 0 Å². The quantitative estimate of drug-likeness (QED) is 0.840. The minimum absolute atomic E-state index is 0.225. The summed E-state index contributed by atoms with van der Waals surface area (Å²) in [5.41, 5.74) is 7.04. The first kappa shape index (κ1) is 13.2. The number of likely N-dealkylation sites (N-methyl/N-ethyl adjacent to an activating group) is 1. The molecule has 1 aromatic carbocycles. The summed E-state index contributed by atoms with van der Waals surface area (Å²) >= 11 is 0. The van der Waals surface area contributed by atoms with Gasteiger partial charge in [-0.1, -0.05) is 24.3 Å². The van der Waals surface area contributed by atoms with Gasteiger partial charge in [0, 0.05) is 19.3 Å². The molecule has 2 N–H and O–H groups in total. The number of nitrogens with two attached hydrogens (primary N) is 1. The molecule has 0 spiro atoms. The Balaban J connectivity index is 2.36. The average Bonchev–Trinajstić information content (AvgIpc) is 2.42. The second kappa shape index (κ2) is 5.61. The van der Waals surface area contributed by atoms with Gasteiger partial charge in [-0.25, -0.2) is 0 Å². The van der Waals surface area contributed by atoms with Gasteiger partial charge in [-0.05, 0) is 25.1 Å². The van der Waals surface area contributed by atoms with Crippen LogP contribution in [0.4, 0.5) is 5.69 Å². The fourth-order valence-corrected chi connectivity index (χ4v) is 1.99. The summed E-state index contributed by atoms with van der Waals surface area (Å²) in [6.45, 7) is 6.61. The van der Waals surface area contributed by atoms with Crippen LogP contribution < -0.4 is 10.6 Å². The summed E-state index contributed by atoms with van der Waals surface area (Å²) < 4.78 is 0. The van der Waals surface area contributed by atoms with Crippen molar-refractivity contribution in [3.63, 3.8) is 0 Å². The zero-order valence-corrected chi connectivity index (χ0v) is 11.5. The molecule has 0 saturated heterocycles. The molecule has 100 valence electrons. The van der Waals surface area contributed by atoms with Gasteiger partial charge in [0.05, 0.1) is 6.04 Å². The van der Waals surface area contributed by atoms with E-state index in [1.807, 2.05) is 36.2 Å². The molecule has 1 unspecified atom stereocenters. The van der Waals surface area contributed by atoms with E-state index in [9.17, 15) is 0 Å². The first-order valence-electron chi connectivity index (χ1n) is 6.35. The summed E-state index contributed by atoms with van der Waals surface area (Å²) in [5, 5.41) is 0. The highest BCUT2D eigenvalue weighted by atomic mass is 15.3. The molecule has 0 aromatic heterocycles. The second-order valence-corrected chi connectivity index (χ2v) is 4.58. The van der Waals surface area contributed by atoms with E-state index in [2.05, 4.69) is 41.6 Å². The Labute approximate surface area is 114 Å². The molecule has 2 rings (SSSR count). The van der Waals surface area contributed by atoms with E-state index in [1.165, 1.54) is 0 Å². The van der Waals surface area contributed by atoms with E-state index in [4.69, 9.17) is 5.73 Å². The van der Waals surface area contributed by atoms with Gasteiger partial charge in [0.15, 0.2) is 5.96 Å². The highest BCUT2D eigenvalue weighted by Crippen LogP contribution is 2.22. The van der Waals surface area contributed by atoms with Gasteiger partial charge in [-0.3, -0.25) is 0 Å². The van der Waals surface area contributed by atoms with Gasteiger partial charge in [-0.15, -0.1) is 6.58 Å². The first-order chi connectivity index (χ1) is 9.13. The number of guanidine groups is 1. The summed E-state index contributed by atoms with van der Waals surface area (Å²) in [6, 6.07) is 10.4. The molecule has 0 amide bonds. The van der Waals surface area contributed by atoms with Crippen LogP contribution in [0.15, 0.2) is 59.9 Å². The number of hydrogen-bond donors (Lipinski definition) is 1. The normalized spacial score (nSPS) is 18.6. The summed E-state index contributed by atoms with van der Waals surface area (Å²) in [4.78, 5) is 8.51. The highest BCUT2D eigenvalue weighted by molar-refractivity contribution is 5.81. The number of aliphatic imine (C=N–C) groups is 1.